The lowest BCUT2D eigenvalue weighted by atomic mass is 10.1. The fourth-order valence-electron chi connectivity index (χ4n) is 2.41. The van der Waals surface area contributed by atoms with E-state index in [9.17, 15) is 5.11 Å². The largest absolute Gasteiger partial charge is 0.454 e. The van der Waals surface area contributed by atoms with E-state index in [-0.39, 0.29) is 13.4 Å². The second-order valence-electron chi connectivity index (χ2n) is 4.73. The highest BCUT2D eigenvalue weighted by Gasteiger charge is 2.19. The Morgan fingerprint density at radius 3 is 2.91 bits per heavy atom. The van der Waals surface area contributed by atoms with E-state index in [2.05, 4.69) is 15.3 Å². The van der Waals surface area contributed by atoms with Crippen LogP contribution in [0.1, 0.15) is 5.69 Å². The molecule has 7 heteroatoms. The molecule has 0 unspecified atom stereocenters. The van der Waals surface area contributed by atoms with Gasteiger partial charge in [-0.05, 0) is 24.3 Å². The maximum absolute atomic E-state index is 9.51. The van der Waals surface area contributed by atoms with Crippen LogP contribution in [0.4, 0.5) is 0 Å². The summed E-state index contributed by atoms with van der Waals surface area (Å²) in [5, 5.41) is 17.7. The van der Waals surface area contributed by atoms with Crippen molar-refractivity contribution in [2.45, 2.75) is 6.61 Å². The first-order chi connectivity index (χ1) is 10.9. The first kappa shape index (κ1) is 12.8. The number of ether oxygens (including phenoxy) is 2. The summed E-state index contributed by atoms with van der Waals surface area (Å²) in [5.41, 5.74) is 2.80. The summed E-state index contributed by atoms with van der Waals surface area (Å²) in [6, 6.07) is 9.24. The molecule has 0 aliphatic carbocycles. The summed E-state index contributed by atoms with van der Waals surface area (Å²) < 4.78 is 12.4. The summed E-state index contributed by atoms with van der Waals surface area (Å²) in [7, 11) is 0. The zero-order valence-electron chi connectivity index (χ0n) is 11.5. The Morgan fingerprint density at radius 2 is 2.09 bits per heavy atom. The van der Waals surface area contributed by atoms with Gasteiger partial charge >= 0.3 is 0 Å². The first-order valence-corrected chi connectivity index (χ1v) is 6.72. The number of aromatic nitrogens is 4. The number of aliphatic hydroxyl groups excluding tert-OH is 1. The molecule has 3 heterocycles. The Hall–Kier alpha value is -2.93. The molecule has 2 aromatic heterocycles. The maximum Gasteiger partial charge on any atom is 0.231 e. The van der Waals surface area contributed by atoms with Gasteiger partial charge < -0.3 is 14.6 Å². The number of fused-ring (bicyclic) bond motifs is 1. The van der Waals surface area contributed by atoms with E-state index < -0.39 is 0 Å². The summed E-state index contributed by atoms with van der Waals surface area (Å²) in [6.07, 6.45) is 3.40. The second kappa shape index (κ2) is 5.12. The van der Waals surface area contributed by atoms with Crippen LogP contribution in [0.25, 0.3) is 16.9 Å². The third-order valence-electron chi connectivity index (χ3n) is 3.43. The van der Waals surface area contributed by atoms with Crippen LogP contribution in [-0.4, -0.2) is 31.9 Å². The van der Waals surface area contributed by atoms with Crippen molar-refractivity contribution in [3.05, 3.63) is 48.4 Å². The van der Waals surface area contributed by atoms with Crippen molar-refractivity contribution < 1.29 is 14.6 Å². The molecule has 0 spiro atoms. The molecule has 4 rings (SSSR count). The maximum atomic E-state index is 9.51. The predicted octanol–water partition coefficient (Wildman–Crippen LogP) is 1.55. The van der Waals surface area contributed by atoms with Gasteiger partial charge in [0.2, 0.25) is 6.79 Å². The summed E-state index contributed by atoms with van der Waals surface area (Å²) in [6.45, 7) is 0.0161. The lowest BCUT2D eigenvalue weighted by molar-refractivity contribution is 0.174. The molecule has 22 heavy (non-hydrogen) atoms. The number of aliphatic hydroxyl groups is 1. The van der Waals surface area contributed by atoms with Crippen LogP contribution in [0, 0.1) is 0 Å². The molecule has 0 amide bonds. The zero-order valence-corrected chi connectivity index (χ0v) is 11.5. The smallest absolute Gasteiger partial charge is 0.231 e. The molecule has 1 aliphatic heterocycles. The van der Waals surface area contributed by atoms with Gasteiger partial charge in [0, 0.05) is 24.0 Å². The molecule has 1 N–H and O–H groups in total. The van der Waals surface area contributed by atoms with Gasteiger partial charge in [0.1, 0.15) is 11.4 Å². The minimum absolute atomic E-state index is 0.200. The van der Waals surface area contributed by atoms with Crippen molar-refractivity contribution in [1.29, 1.82) is 0 Å². The number of hydrogen-bond donors (Lipinski definition) is 1. The number of pyridine rings is 1. The van der Waals surface area contributed by atoms with Crippen LogP contribution in [0.2, 0.25) is 0 Å². The molecule has 7 nitrogen and oxygen atoms in total. The molecule has 110 valence electrons. The Bertz CT molecular complexity index is 817. The van der Waals surface area contributed by atoms with Gasteiger partial charge in [-0.2, -0.15) is 0 Å². The minimum Gasteiger partial charge on any atom is -0.454 e. The molecule has 3 aromatic rings. The van der Waals surface area contributed by atoms with E-state index in [4.69, 9.17) is 9.47 Å². The molecule has 0 radical (unpaired) electrons. The van der Waals surface area contributed by atoms with Crippen LogP contribution in [0.15, 0.2) is 42.7 Å². The van der Waals surface area contributed by atoms with E-state index >= 15 is 0 Å². The Morgan fingerprint density at radius 1 is 1.18 bits per heavy atom. The minimum atomic E-state index is -0.200. The third-order valence-corrected chi connectivity index (χ3v) is 3.43. The van der Waals surface area contributed by atoms with Gasteiger partial charge in [-0.15, -0.1) is 5.10 Å². The molecule has 1 aromatic carbocycles. The topological polar surface area (TPSA) is 82.3 Å². The van der Waals surface area contributed by atoms with Crippen molar-refractivity contribution >= 4 is 0 Å². The van der Waals surface area contributed by atoms with Crippen LogP contribution < -0.4 is 9.47 Å². The van der Waals surface area contributed by atoms with E-state index in [1.807, 2.05) is 30.3 Å². The third kappa shape index (κ3) is 1.99. The van der Waals surface area contributed by atoms with E-state index in [1.165, 1.54) is 0 Å². The quantitative estimate of drug-likeness (QED) is 0.789. The number of nitrogens with zero attached hydrogens (tertiary/aromatic N) is 4. The van der Waals surface area contributed by atoms with Gasteiger partial charge in [0.15, 0.2) is 11.5 Å². The van der Waals surface area contributed by atoms with Gasteiger partial charge in [-0.25, -0.2) is 4.68 Å². The highest BCUT2D eigenvalue weighted by atomic mass is 16.7. The van der Waals surface area contributed by atoms with Gasteiger partial charge in [-0.1, -0.05) is 5.21 Å². The van der Waals surface area contributed by atoms with Crippen molar-refractivity contribution in [2.24, 2.45) is 0 Å². The van der Waals surface area contributed by atoms with Crippen LogP contribution in [-0.2, 0) is 6.61 Å². The van der Waals surface area contributed by atoms with Crippen molar-refractivity contribution in [1.82, 2.24) is 20.0 Å². The van der Waals surface area contributed by atoms with Gasteiger partial charge in [0.25, 0.3) is 0 Å². The lowest BCUT2D eigenvalue weighted by Crippen LogP contribution is -2.00. The van der Waals surface area contributed by atoms with E-state index in [0.29, 0.717) is 22.9 Å². The molecular formula is C15H12N4O3. The standard InChI is InChI=1S/C15H12N4O3/c20-8-12-15(10-2-1-5-16-7-10)19(18-17-12)11-3-4-13-14(6-11)22-9-21-13/h1-7,20H,8-9H2. The van der Waals surface area contributed by atoms with Crippen LogP contribution >= 0.6 is 0 Å². The van der Waals surface area contributed by atoms with Crippen molar-refractivity contribution in [2.75, 3.05) is 6.79 Å². The average molecular weight is 296 g/mol. The van der Waals surface area contributed by atoms with Crippen LogP contribution in [0.3, 0.4) is 0 Å². The molecule has 0 saturated carbocycles. The zero-order chi connectivity index (χ0) is 14.9. The molecule has 0 bridgehead atoms. The highest BCUT2D eigenvalue weighted by molar-refractivity contribution is 5.64. The normalized spacial score (nSPS) is 12.6. The SMILES string of the molecule is OCc1nnn(-c2ccc3c(c2)OCO3)c1-c1cccnc1. The van der Waals surface area contributed by atoms with Crippen LogP contribution in [0.5, 0.6) is 11.5 Å². The van der Waals surface area contributed by atoms with Gasteiger partial charge in [-0.3, -0.25) is 4.98 Å². The number of rotatable bonds is 3. The Kier molecular flexibility index (Phi) is 2.97. The summed E-state index contributed by atoms with van der Waals surface area (Å²) >= 11 is 0. The molecule has 0 fully saturated rings. The first-order valence-electron chi connectivity index (χ1n) is 6.72. The van der Waals surface area contributed by atoms with Gasteiger partial charge in [0.05, 0.1) is 12.3 Å². The fourth-order valence-corrected chi connectivity index (χ4v) is 2.41. The molecule has 0 atom stereocenters. The molecular weight excluding hydrogens is 284 g/mol. The highest BCUT2D eigenvalue weighted by Crippen LogP contribution is 2.35. The Labute approximate surface area is 125 Å². The summed E-state index contributed by atoms with van der Waals surface area (Å²) in [4.78, 5) is 4.11. The Balaban J connectivity index is 1.87. The summed E-state index contributed by atoms with van der Waals surface area (Å²) in [5.74, 6) is 1.37. The molecule has 0 saturated heterocycles. The second-order valence-corrected chi connectivity index (χ2v) is 4.73. The lowest BCUT2D eigenvalue weighted by Gasteiger charge is -2.08. The number of hydrogen-bond acceptors (Lipinski definition) is 6. The van der Waals surface area contributed by atoms with E-state index in [1.54, 1.807) is 17.1 Å². The predicted molar refractivity (Wildman–Crippen MR) is 76.6 cm³/mol. The number of benzene rings is 1. The van der Waals surface area contributed by atoms with Crippen molar-refractivity contribution in [3.63, 3.8) is 0 Å². The monoisotopic (exact) mass is 296 g/mol. The average Bonchev–Trinajstić information content (AvgIpc) is 3.21. The van der Waals surface area contributed by atoms with E-state index in [0.717, 1.165) is 11.3 Å². The van der Waals surface area contributed by atoms with Crippen molar-refractivity contribution in [3.8, 4) is 28.4 Å². The fraction of sp³-hybridized carbons (Fsp3) is 0.133. The molecule has 1 aliphatic rings.